The average molecular weight is 822 g/mol. The molecule has 6 aromatic heterocycles. The average Bonchev–Trinajstić information content (AvgIpc) is 3.39. The smallest absolute Gasteiger partial charge is 0.164 e. The van der Waals surface area contributed by atoms with Gasteiger partial charge in [0.2, 0.25) is 0 Å². The van der Waals surface area contributed by atoms with Gasteiger partial charge in [-0.05, 0) is 95.1 Å². The topological polar surface area (TPSA) is 116 Å². The van der Waals surface area contributed by atoms with Gasteiger partial charge in [-0.2, -0.15) is 0 Å². The van der Waals surface area contributed by atoms with E-state index in [1.54, 1.807) is 24.8 Å². The van der Waals surface area contributed by atoms with Gasteiger partial charge in [0.25, 0.3) is 0 Å². The van der Waals surface area contributed by atoms with Crippen molar-refractivity contribution in [3.63, 3.8) is 0 Å². The van der Waals surface area contributed by atoms with Crippen LogP contribution in [0.15, 0.2) is 213 Å². The molecular formula is C55H35N9. The van der Waals surface area contributed by atoms with Gasteiger partial charge in [-0.1, -0.05) is 91.0 Å². The molecule has 64 heavy (non-hydrogen) atoms. The summed E-state index contributed by atoms with van der Waals surface area (Å²) in [7, 11) is 0. The van der Waals surface area contributed by atoms with Crippen LogP contribution in [-0.2, 0) is 0 Å². The minimum atomic E-state index is 0.515. The summed E-state index contributed by atoms with van der Waals surface area (Å²) in [5.41, 5.74) is 15.4. The van der Waals surface area contributed by atoms with Gasteiger partial charge in [-0.3, -0.25) is 19.9 Å². The van der Waals surface area contributed by atoms with Gasteiger partial charge in [0.15, 0.2) is 17.5 Å². The molecule has 0 bridgehead atoms. The Morgan fingerprint density at radius 2 is 0.531 bits per heavy atom. The third-order valence-electron chi connectivity index (χ3n) is 11.0. The van der Waals surface area contributed by atoms with Crippen LogP contribution in [-0.4, -0.2) is 44.9 Å². The Balaban J connectivity index is 1.11. The first-order valence-corrected chi connectivity index (χ1v) is 20.8. The molecule has 0 aliphatic rings. The number of benzene rings is 5. The van der Waals surface area contributed by atoms with E-state index >= 15 is 0 Å². The number of pyridine rings is 4. The SMILES string of the molecule is c1ccc(-c2nc3ccccc3nc2-c2ccc(-c3nc(-c4cc(-c5cccnc5)cc(-c5cccnc5)c4)nc(-c4cc(-c5cccnc5)cc(-c5cccnc5)c4)n3)cc2)cc1. The lowest BCUT2D eigenvalue weighted by Crippen LogP contribution is -2.01. The summed E-state index contributed by atoms with van der Waals surface area (Å²) in [4.78, 5) is 43.7. The first-order valence-electron chi connectivity index (χ1n) is 20.8. The van der Waals surface area contributed by atoms with E-state index in [0.717, 1.165) is 94.7 Å². The molecule has 0 unspecified atom stereocenters. The van der Waals surface area contributed by atoms with Gasteiger partial charge in [0.1, 0.15) is 0 Å². The van der Waals surface area contributed by atoms with E-state index in [9.17, 15) is 0 Å². The van der Waals surface area contributed by atoms with E-state index < -0.39 is 0 Å². The van der Waals surface area contributed by atoms with Crippen molar-refractivity contribution in [3.05, 3.63) is 213 Å². The second kappa shape index (κ2) is 16.8. The van der Waals surface area contributed by atoms with E-state index in [0.29, 0.717) is 17.5 Å². The zero-order valence-electron chi connectivity index (χ0n) is 34.2. The number of rotatable bonds is 9. The molecule has 11 aromatic rings. The lowest BCUT2D eigenvalue weighted by atomic mass is 9.96. The van der Waals surface area contributed by atoms with Crippen LogP contribution in [0.25, 0.3) is 112 Å². The van der Waals surface area contributed by atoms with Crippen molar-refractivity contribution in [2.45, 2.75) is 0 Å². The standard InChI is InChI=1S/C55H35N9/c1-2-10-36(11-3-1)51-52(61-50-17-5-4-16-49(50)60-51)37-18-20-38(21-19-37)53-62-54(47-28-43(39-12-6-22-56-32-39)26-44(29-47)40-13-7-23-57-33-40)64-55(63-53)48-30-45(41-14-8-24-58-34-41)27-46(31-48)42-15-9-25-59-35-42/h1-35H. The molecule has 300 valence electrons. The van der Waals surface area contributed by atoms with Crippen LogP contribution in [0.4, 0.5) is 0 Å². The summed E-state index contributed by atoms with van der Waals surface area (Å²) < 4.78 is 0. The normalized spacial score (nSPS) is 11.1. The van der Waals surface area contributed by atoms with Crippen molar-refractivity contribution < 1.29 is 0 Å². The molecule has 0 radical (unpaired) electrons. The summed E-state index contributed by atoms with van der Waals surface area (Å²) in [6.45, 7) is 0. The number of hydrogen-bond donors (Lipinski definition) is 0. The van der Waals surface area contributed by atoms with Crippen molar-refractivity contribution in [2.24, 2.45) is 0 Å². The van der Waals surface area contributed by atoms with Crippen molar-refractivity contribution in [1.29, 1.82) is 0 Å². The fourth-order valence-corrected chi connectivity index (χ4v) is 7.85. The van der Waals surface area contributed by atoms with Crippen molar-refractivity contribution in [2.75, 3.05) is 0 Å². The highest BCUT2D eigenvalue weighted by molar-refractivity contribution is 5.87. The van der Waals surface area contributed by atoms with Crippen molar-refractivity contribution in [1.82, 2.24) is 44.9 Å². The van der Waals surface area contributed by atoms with E-state index in [2.05, 4.69) is 105 Å². The molecule has 5 aromatic carbocycles. The quantitative estimate of drug-likeness (QED) is 0.140. The van der Waals surface area contributed by atoms with Crippen LogP contribution in [0.2, 0.25) is 0 Å². The zero-order chi connectivity index (χ0) is 42.7. The fourth-order valence-electron chi connectivity index (χ4n) is 7.85. The predicted octanol–water partition coefficient (Wildman–Crippen LogP) is 12.4. The summed E-state index contributed by atoms with van der Waals surface area (Å²) in [5, 5.41) is 0. The molecule has 9 heteroatoms. The first-order chi connectivity index (χ1) is 31.7. The largest absolute Gasteiger partial charge is 0.264 e. The maximum absolute atomic E-state index is 5.27. The summed E-state index contributed by atoms with van der Waals surface area (Å²) >= 11 is 0. The molecule has 0 N–H and O–H groups in total. The van der Waals surface area contributed by atoms with Crippen LogP contribution in [0.5, 0.6) is 0 Å². The number of aromatic nitrogens is 9. The second-order valence-corrected chi connectivity index (χ2v) is 15.2. The van der Waals surface area contributed by atoms with Gasteiger partial charge in [-0.15, -0.1) is 0 Å². The predicted molar refractivity (Wildman–Crippen MR) is 253 cm³/mol. The molecule has 0 saturated heterocycles. The second-order valence-electron chi connectivity index (χ2n) is 15.2. The molecule has 0 saturated carbocycles. The lowest BCUT2D eigenvalue weighted by molar-refractivity contribution is 1.07. The van der Waals surface area contributed by atoms with E-state index in [1.165, 1.54) is 0 Å². The van der Waals surface area contributed by atoms with Gasteiger partial charge in [-0.25, -0.2) is 24.9 Å². The van der Waals surface area contributed by atoms with Gasteiger partial charge >= 0.3 is 0 Å². The molecule has 0 aliphatic heterocycles. The molecule has 0 fully saturated rings. The molecule has 0 atom stereocenters. The Morgan fingerprint density at radius 1 is 0.219 bits per heavy atom. The fraction of sp³-hybridized carbons (Fsp3) is 0. The minimum Gasteiger partial charge on any atom is -0.264 e. The number of para-hydroxylation sites is 2. The Morgan fingerprint density at radius 3 is 0.906 bits per heavy atom. The van der Waals surface area contributed by atoms with Gasteiger partial charge < -0.3 is 0 Å². The summed E-state index contributed by atoms with van der Waals surface area (Å²) in [6.07, 6.45) is 14.6. The Bertz CT molecular complexity index is 3150. The molecule has 6 heterocycles. The van der Waals surface area contributed by atoms with Crippen LogP contribution in [0.3, 0.4) is 0 Å². The first kappa shape index (κ1) is 38.0. The molecule has 9 nitrogen and oxygen atoms in total. The van der Waals surface area contributed by atoms with Crippen molar-refractivity contribution in [3.8, 4) is 101 Å². The van der Waals surface area contributed by atoms with Crippen LogP contribution in [0, 0.1) is 0 Å². The lowest BCUT2D eigenvalue weighted by Gasteiger charge is -2.14. The molecule has 0 spiro atoms. The number of nitrogens with zero attached hydrogens (tertiary/aromatic N) is 9. The molecule has 11 rings (SSSR count). The van der Waals surface area contributed by atoms with Crippen LogP contribution in [0.1, 0.15) is 0 Å². The zero-order valence-corrected chi connectivity index (χ0v) is 34.2. The van der Waals surface area contributed by atoms with E-state index in [-0.39, 0.29) is 0 Å². The molecular weight excluding hydrogens is 787 g/mol. The van der Waals surface area contributed by atoms with Gasteiger partial charge in [0, 0.05) is 99.6 Å². The summed E-state index contributed by atoms with van der Waals surface area (Å²) in [6, 6.07) is 55.1. The number of fused-ring (bicyclic) bond motifs is 1. The Labute approximate surface area is 369 Å². The Hall–Kier alpha value is -8.95. The molecule has 0 aliphatic carbocycles. The maximum atomic E-state index is 5.27. The minimum absolute atomic E-state index is 0.515. The third-order valence-corrected chi connectivity index (χ3v) is 11.0. The number of hydrogen-bond acceptors (Lipinski definition) is 9. The highest BCUT2D eigenvalue weighted by atomic mass is 15.0. The monoisotopic (exact) mass is 821 g/mol. The summed E-state index contributed by atoms with van der Waals surface area (Å²) in [5.74, 6) is 1.55. The van der Waals surface area contributed by atoms with Gasteiger partial charge in [0.05, 0.1) is 22.4 Å². The van der Waals surface area contributed by atoms with Crippen LogP contribution >= 0.6 is 0 Å². The van der Waals surface area contributed by atoms with E-state index in [1.807, 2.05) is 104 Å². The highest BCUT2D eigenvalue weighted by Crippen LogP contribution is 2.37. The third kappa shape index (κ3) is 7.76. The Kier molecular flexibility index (Phi) is 10.00. The van der Waals surface area contributed by atoms with E-state index in [4.69, 9.17) is 24.9 Å². The van der Waals surface area contributed by atoms with Crippen molar-refractivity contribution >= 4 is 11.0 Å². The maximum Gasteiger partial charge on any atom is 0.164 e. The van der Waals surface area contributed by atoms with Crippen LogP contribution < -0.4 is 0 Å². The molecule has 0 amide bonds. The highest BCUT2D eigenvalue weighted by Gasteiger charge is 2.19.